The number of hydrogen-bond acceptors (Lipinski definition) is 4. The minimum atomic E-state index is -0.369. The van der Waals surface area contributed by atoms with Gasteiger partial charge >= 0.3 is 7.12 Å². The normalized spacial score (nSPS) is 21.1. The standard InChI is InChI=1S/C13H20BNO3/c1-9-8-15-11(16-6)7-10(9)14-17-12(2,3)13(4,5)18-14/h7-8H,1-6H3. The third-order valence-corrected chi connectivity index (χ3v) is 3.84. The molecule has 5 heteroatoms. The molecule has 4 nitrogen and oxygen atoms in total. The second-order valence-electron chi connectivity index (χ2n) is 5.67. The number of aryl methyl sites for hydroxylation is 1. The molecule has 1 aliphatic rings. The van der Waals surface area contributed by atoms with E-state index in [2.05, 4.69) is 4.98 Å². The van der Waals surface area contributed by atoms with Crippen LogP contribution >= 0.6 is 0 Å². The first-order valence-electron chi connectivity index (χ1n) is 6.13. The molecule has 98 valence electrons. The van der Waals surface area contributed by atoms with Crippen molar-refractivity contribution in [2.45, 2.75) is 45.8 Å². The quantitative estimate of drug-likeness (QED) is 0.748. The summed E-state index contributed by atoms with van der Waals surface area (Å²) in [6.07, 6.45) is 1.78. The molecule has 0 radical (unpaired) electrons. The van der Waals surface area contributed by atoms with Crippen LogP contribution in [0.25, 0.3) is 0 Å². The molecule has 0 spiro atoms. The number of hydrogen-bond donors (Lipinski definition) is 0. The van der Waals surface area contributed by atoms with Crippen LogP contribution in [0.5, 0.6) is 5.88 Å². The SMILES string of the molecule is COc1cc(B2OC(C)(C)C(C)(C)O2)c(C)cn1. The van der Waals surface area contributed by atoms with E-state index in [-0.39, 0.29) is 18.3 Å². The maximum absolute atomic E-state index is 6.02. The molecule has 0 aromatic carbocycles. The zero-order valence-electron chi connectivity index (χ0n) is 11.9. The van der Waals surface area contributed by atoms with Crippen molar-refractivity contribution in [1.29, 1.82) is 0 Å². The van der Waals surface area contributed by atoms with Crippen molar-refractivity contribution in [2.75, 3.05) is 7.11 Å². The molecule has 0 N–H and O–H groups in total. The van der Waals surface area contributed by atoms with Gasteiger partial charge in [0.25, 0.3) is 0 Å². The Balaban J connectivity index is 2.34. The number of methoxy groups -OCH3 is 1. The van der Waals surface area contributed by atoms with Crippen LogP contribution in [0.3, 0.4) is 0 Å². The highest BCUT2D eigenvalue weighted by Gasteiger charge is 2.52. The predicted octanol–water partition coefficient (Wildman–Crippen LogP) is 1.70. The van der Waals surface area contributed by atoms with Gasteiger partial charge in [-0.1, -0.05) is 0 Å². The number of aromatic nitrogens is 1. The van der Waals surface area contributed by atoms with Gasteiger partial charge in [0.2, 0.25) is 5.88 Å². The summed E-state index contributed by atoms with van der Waals surface area (Å²) < 4.78 is 17.2. The van der Waals surface area contributed by atoms with Crippen LogP contribution in [-0.2, 0) is 9.31 Å². The van der Waals surface area contributed by atoms with Gasteiger partial charge in [-0.3, -0.25) is 0 Å². The third-order valence-electron chi connectivity index (χ3n) is 3.84. The van der Waals surface area contributed by atoms with Crippen molar-refractivity contribution in [3.8, 4) is 5.88 Å². The first-order chi connectivity index (χ1) is 8.27. The fourth-order valence-electron chi connectivity index (χ4n) is 1.85. The predicted molar refractivity (Wildman–Crippen MR) is 71.2 cm³/mol. The summed E-state index contributed by atoms with van der Waals surface area (Å²) in [5, 5.41) is 0. The highest BCUT2D eigenvalue weighted by atomic mass is 16.7. The monoisotopic (exact) mass is 249 g/mol. The second-order valence-corrected chi connectivity index (χ2v) is 5.67. The largest absolute Gasteiger partial charge is 0.495 e. The van der Waals surface area contributed by atoms with E-state index >= 15 is 0 Å². The lowest BCUT2D eigenvalue weighted by atomic mass is 9.77. The molecule has 2 rings (SSSR count). The van der Waals surface area contributed by atoms with E-state index in [1.807, 2.05) is 40.7 Å². The summed E-state index contributed by atoms with van der Waals surface area (Å²) in [6.45, 7) is 10.2. The van der Waals surface area contributed by atoms with E-state index in [1.54, 1.807) is 13.3 Å². The number of pyridine rings is 1. The Morgan fingerprint density at radius 3 is 2.22 bits per heavy atom. The Morgan fingerprint density at radius 1 is 1.17 bits per heavy atom. The molecule has 2 heterocycles. The van der Waals surface area contributed by atoms with Crippen LogP contribution in [0.2, 0.25) is 0 Å². The lowest BCUT2D eigenvalue weighted by molar-refractivity contribution is 0.00578. The van der Waals surface area contributed by atoms with E-state index in [4.69, 9.17) is 14.0 Å². The second kappa shape index (κ2) is 4.25. The maximum atomic E-state index is 6.02. The molecular weight excluding hydrogens is 229 g/mol. The molecule has 1 aliphatic heterocycles. The Hall–Kier alpha value is -1.07. The summed E-state index contributed by atoms with van der Waals surface area (Å²) in [7, 11) is 1.23. The van der Waals surface area contributed by atoms with Gasteiger partial charge in [-0.25, -0.2) is 4.98 Å². The molecule has 0 unspecified atom stereocenters. The van der Waals surface area contributed by atoms with Crippen molar-refractivity contribution in [3.63, 3.8) is 0 Å². The average Bonchev–Trinajstić information content (AvgIpc) is 2.48. The van der Waals surface area contributed by atoms with E-state index in [0.717, 1.165) is 11.0 Å². The molecule has 0 amide bonds. The molecule has 0 saturated carbocycles. The van der Waals surface area contributed by atoms with E-state index in [9.17, 15) is 0 Å². The molecule has 1 aromatic rings. The smallest absolute Gasteiger partial charge is 0.481 e. The van der Waals surface area contributed by atoms with E-state index < -0.39 is 0 Å². The van der Waals surface area contributed by atoms with Gasteiger partial charge < -0.3 is 14.0 Å². The van der Waals surface area contributed by atoms with Gasteiger partial charge in [0.05, 0.1) is 18.3 Å². The fourth-order valence-corrected chi connectivity index (χ4v) is 1.85. The fraction of sp³-hybridized carbons (Fsp3) is 0.615. The Labute approximate surface area is 109 Å². The summed E-state index contributed by atoms with van der Waals surface area (Å²) in [4.78, 5) is 4.17. The average molecular weight is 249 g/mol. The summed E-state index contributed by atoms with van der Waals surface area (Å²) in [5.74, 6) is 0.574. The topological polar surface area (TPSA) is 40.6 Å². The lowest BCUT2D eigenvalue weighted by Gasteiger charge is -2.32. The van der Waals surface area contributed by atoms with Crippen LogP contribution in [0.4, 0.5) is 0 Å². The van der Waals surface area contributed by atoms with E-state index in [0.29, 0.717) is 5.88 Å². The van der Waals surface area contributed by atoms with Crippen molar-refractivity contribution in [2.24, 2.45) is 0 Å². The molecule has 18 heavy (non-hydrogen) atoms. The molecule has 1 fully saturated rings. The van der Waals surface area contributed by atoms with E-state index in [1.165, 1.54) is 0 Å². The molecular formula is C13H20BNO3. The summed E-state index contributed by atoms with van der Waals surface area (Å²) in [6, 6.07) is 1.87. The van der Waals surface area contributed by atoms with Crippen LogP contribution in [0.1, 0.15) is 33.3 Å². The Bertz CT molecular complexity index is 444. The highest BCUT2D eigenvalue weighted by Crippen LogP contribution is 2.36. The van der Waals surface area contributed by atoms with Gasteiger partial charge in [0.15, 0.2) is 0 Å². The van der Waals surface area contributed by atoms with Gasteiger partial charge in [-0.2, -0.15) is 0 Å². The van der Waals surface area contributed by atoms with Crippen molar-refractivity contribution >= 4 is 12.6 Å². The van der Waals surface area contributed by atoms with Crippen molar-refractivity contribution in [3.05, 3.63) is 17.8 Å². The molecule has 0 atom stereocenters. The summed E-state index contributed by atoms with van der Waals surface area (Å²) >= 11 is 0. The first kappa shape index (κ1) is 13.4. The van der Waals surface area contributed by atoms with Gasteiger partial charge in [0.1, 0.15) is 0 Å². The molecule has 0 aliphatic carbocycles. The minimum Gasteiger partial charge on any atom is -0.481 e. The summed E-state index contributed by atoms with van der Waals surface area (Å²) in [5.41, 5.74) is 1.34. The van der Waals surface area contributed by atoms with Gasteiger partial charge in [-0.05, 0) is 45.6 Å². The number of rotatable bonds is 2. The first-order valence-corrected chi connectivity index (χ1v) is 6.13. The van der Waals surface area contributed by atoms with Crippen LogP contribution in [0, 0.1) is 6.92 Å². The Morgan fingerprint density at radius 2 is 1.72 bits per heavy atom. The van der Waals surface area contributed by atoms with Crippen molar-refractivity contribution < 1.29 is 14.0 Å². The van der Waals surface area contributed by atoms with Gasteiger partial charge in [0, 0.05) is 12.3 Å². The van der Waals surface area contributed by atoms with Crippen molar-refractivity contribution in [1.82, 2.24) is 4.98 Å². The lowest BCUT2D eigenvalue weighted by Crippen LogP contribution is -2.41. The Kier molecular flexibility index (Phi) is 3.15. The maximum Gasteiger partial charge on any atom is 0.495 e. The zero-order chi connectivity index (χ0) is 13.6. The molecule has 1 saturated heterocycles. The molecule has 0 bridgehead atoms. The zero-order valence-corrected chi connectivity index (χ0v) is 11.9. The van der Waals surface area contributed by atoms with Gasteiger partial charge in [-0.15, -0.1) is 0 Å². The van der Waals surface area contributed by atoms with Crippen LogP contribution < -0.4 is 10.2 Å². The number of nitrogens with zero attached hydrogens (tertiary/aromatic N) is 1. The third kappa shape index (κ3) is 2.13. The number of ether oxygens (including phenoxy) is 1. The van der Waals surface area contributed by atoms with Crippen LogP contribution in [-0.4, -0.2) is 30.4 Å². The minimum absolute atomic E-state index is 0.333. The van der Waals surface area contributed by atoms with Crippen LogP contribution in [0.15, 0.2) is 12.3 Å². The molecule has 1 aromatic heterocycles. The highest BCUT2D eigenvalue weighted by molar-refractivity contribution is 6.62.